The van der Waals surface area contributed by atoms with E-state index in [0.717, 1.165) is 0 Å². The third-order valence-electron chi connectivity index (χ3n) is 2.60. The molecule has 0 aliphatic rings. The Morgan fingerprint density at radius 2 is 1.85 bits per heavy atom. The van der Waals surface area contributed by atoms with Crippen molar-refractivity contribution in [3.63, 3.8) is 0 Å². The van der Waals surface area contributed by atoms with Crippen LogP contribution < -0.4 is 10.1 Å². The molecule has 0 aliphatic heterocycles. The Morgan fingerprint density at radius 1 is 1.15 bits per heavy atom. The monoisotopic (exact) mass is 401 g/mol. The highest BCUT2D eigenvalue weighted by molar-refractivity contribution is 9.10. The maximum absolute atomic E-state index is 13.4. The number of methoxy groups -OCH3 is 1. The Labute approximate surface area is 132 Å². The molecule has 3 nitrogen and oxygen atoms in total. The van der Waals surface area contributed by atoms with Gasteiger partial charge < -0.3 is 10.1 Å². The molecule has 1 amide bonds. The van der Waals surface area contributed by atoms with Crippen molar-refractivity contribution in [3.8, 4) is 5.75 Å². The van der Waals surface area contributed by atoms with Crippen LogP contribution in [0.5, 0.6) is 5.75 Å². The molecule has 0 saturated carbocycles. The third-order valence-corrected chi connectivity index (χ3v) is 3.94. The largest absolute Gasteiger partial charge is 0.497 e. The van der Waals surface area contributed by atoms with E-state index in [1.54, 1.807) is 25.3 Å². The van der Waals surface area contributed by atoms with Crippen molar-refractivity contribution in [1.29, 1.82) is 0 Å². The summed E-state index contributed by atoms with van der Waals surface area (Å²) in [6.45, 7) is 0. The highest BCUT2D eigenvalue weighted by Gasteiger charge is 2.11. The van der Waals surface area contributed by atoms with E-state index in [0.29, 0.717) is 20.4 Å². The van der Waals surface area contributed by atoms with Gasteiger partial charge in [0.15, 0.2) is 0 Å². The molecule has 0 spiro atoms. The molecule has 0 heterocycles. The number of amides is 1. The van der Waals surface area contributed by atoms with Crippen molar-refractivity contribution >= 4 is 43.5 Å². The molecular weight excluding hydrogens is 393 g/mol. The molecule has 1 N–H and O–H groups in total. The molecule has 0 aliphatic carbocycles. The summed E-state index contributed by atoms with van der Waals surface area (Å²) in [6, 6.07) is 9.40. The standard InChI is InChI=1S/C14H10Br2FNO2/c1-20-9-3-5-11(16)13(7-9)18-14(19)8-2-4-10(15)12(17)6-8/h2-7H,1H3,(H,18,19). The summed E-state index contributed by atoms with van der Waals surface area (Å²) in [5, 5.41) is 2.70. The average Bonchev–Trinajstić information content (AvgIpc) is 2.44. The van der Waals surface area contributed by atoms with E-state index < -0.39 is 11.7 Å². The fourth-order valence-corrected chi connectivity index (χ4v) is 2.15. The second-order valence-electron chi connectivity index (χ2n) is 3.93. The quantitative estimate of drug-likeness (QED) is 0.813. The lowest BCUT2D eigenvalue weighted by Gasteiger charge is -2.09. The zero-order valence-electron chi connectivity index (χ0n) is 10.4. The van der Waals surface area contributed by atoms with Gasteiger partial charge in [-0.3, -0.25) is 4.79 Å². The summed E-state index contributed by atoms with van der Waals surface area (Å²) in [6.07, 6.45) is 0. The van der Waals surface area contributed by atoms with Gasteiger partial charge in [-0.15, -0.1) is 0 Å². The summed E-state index contributed by atoms with van der Waals surface area (Å²) in [5.41, 5.74) is 0.790. The predicted octanol–water partition coefficient (Wildman–Crippen LogP) is 4.61. The average molecular weight is 403 g/mol. The van der Waals surface area contributed by atoms with Gasteiger partial charge in [0, 0.05) is 16.1 Å². The normalized spacial score (nSPS) is 10.2. The van der Waals surface area contributed by atoms with Crippen LogP contribution in [0.1, 0.15) is 10.4 Å². The van der Waals surface area contributed by atoms with Gasteiger partial charge in [-0.25, -0.2) is 4.39 Å². The van der Waals surface area contributed by atoms with Crippen LogP contribution in [0, 0.1) is 5.82 Å². The molecule has 0 aromatic heterocycles. The molecule has 0 fully saturated rings. The minimum absolute atomic E-state index is 0.236. The molecule has 2 aromatic carbocycles. The molecule has 6 heteroatoms. The number of carbonyl (C=O) groups excluding carboxylic acids is 1. The van der Waals surface area contributed by atoms with Crippen LogP contribution in [-0.2, 0) is 0 Å². The molecule has 2 aromatic rings. The molecule has 20 heavy (non-hydrogen) atoms. The van der Waals surface area contributed by atoms with Crippen LogP contribution in [0.4, 0.5) is 10.1 Å². The number of nitrogens with one attached hydrogen (secondary N) is 1. The molecule has 0 bridgehead atoms. The first-order chi connectivity index (χ1) is 9.51. The van der Waals surface area contributed by atoms with E-state index in [9.17, 15) is 9.18 Å². The van der Waals surface area contributed by atoms with Crippen molar-refractivity contribution in [2.75, 3.05) is 12.4 Å². The summed E-state index contributed by atoms with van der Waals surface area (Å²) in [7, 11) is 1.54. The predicted molar refractivity (Wildman–Crippen MR) is 82.7 cm³/mol. The Balaban J connectivity index is 2.25. The Hall–Kier alpha value is -1.40. The number of benzene rings is 2. The van der Waals surface area contributed by atoms with Gasteiger partial charge in [0.2, 0.25) is 0 Å². The van der Waals surface area contributed by atoms with Gasteiger partial charge in [-0.1, -0.05) is 0 Å². The van der Waals surface area contributed by atoms with Crippen LogP contribution in [0.3, 0.4) is 0 Å². The summed E-state index contributed by atoms with van der Waals surface area (Å²) in [4.78, 5) is 12.1. The van der Waals surface area contributed by atoms with Gasteiger partial charge in [0.25, 0.3) is 5.91 Å². The van der Waals surface area contributed by atoms with Gasteiger partial charge in [-0.05, 0) is 62.2 Å². The SMILES string of the molecule is COc1ccc(Br)c(NC(=O)c2ccc(Br)c(F)c2)c1. The Morgan fingerprint density at radius 3 is 2.50 bits per heavy atom. The van der Waals surface area contributed by atoms with E-state index in [1.807, 2.05) is 0 Å². The molecule has 0 radical (unpaired) electrons. The lowest BCUT2D eigenvalue weighted by Crippen LogP contribution is -2.12. The lowest BCUT2D eigenvalue weighted by atomic mass is 10.2. The number of hydrogen-bond donors (Lipinski definition) is 1. The van der Waals surface area contributed by atoms with Crippen molar-refractivity contribution < 1.29 is 13.9 Å². The second-order valence-corrected chi connectivity index (χ2v) is 5.64. The van der Waals surface area contributed by atoms with E-state index in [2.05, 4.69) is 37.2 Å². The fraction of sp³-hybridized carbons (Fsp3) is 0.0714. The van der Waals surface area contributed by atoms with Crippen molar-refractivity contribution in [1.82, 2.24) is 0 Å². The number of halogens is 3. The van der Waals surface area contributed by atoms with Gasteiger partial charge in [-0.2, -0.15) is 0 Å². The zero-order chi connectivity index (χ0) is 14.7. The molecule has 0 unspecified atom stereocenters. The molecular formula is C14H10Br2FNO2. The smallest absolute Gasteiger partial charge is 0.255 e. The molecule has 0 saturated heterocycles. The summed E-state index contributed by atoms with van der Waals surface area (Å²) < 4.78 is 19.5. The third kappa shape index (κ3) is 3.37. The zero-order valence-corrected chi connectivity index (χ0v) is 13.6. The van der Waals surface area contributed by atoms with Gasteiger partial charge in [0.1, 0.15) is 11.6 Å². The summed E-state index contributed by atoms with van der Waals surface area (Å²) >= 11 is 6.38. The fourth-order valence-electron chi connectivity index (χ4n) is 1.56. The second kappa shape index (κ2) is 6.37. The number of rotatable bonds is 3. The molecule has 104 valence electrons. The molecule has 2 rings (SSSR count). The van der Waals surface area contributed by atoms with E-state index in [-0.39, 0.29) is 5.56 Å². The number of ether oxygens (including phenoxy) is 1. The minimum atomic E-state index is -0.484. The van der Waals surface area contributed by atoms with Crippen LogP contribution in [0.15, 0.2) is 45.3 Å². The highest BCUT2D eigenvalue weighted by Crippen LogP contribution is 2.27. The van der Waals surface area contributed by atoms with E-state index in [1.165, 1.54) is 18.2 Å². The van der Waals surface area contributed by atoms with E-state index in [4.69, 9.17) is 4.74 Å². The van der Waals surface area contributed by atoms with Gasteiger partial charge in [0.05, 0.1) is 17.3 Å². The first-order valence-electron chi connectivity index (χ1n) is 5.61. The maximum atomic E-state index is 13.4. The summed E-state index contributed by atoms with van der Waals surface area (Å²) in [5.74, 6) is -0.266. The number of hydrogen-bond acceptors (Lipinski definition) is 2. The van der Waals surface area contributed by atoms with Crippen LogP contribution in [0.2, 0.25) is 0 Å². The Kier molecular flexibility index (Phi) is 4.77. The van der Waals surface area contributed by atoms with Gasteiger partial charge >= 0.3 is 0 Å². The highest BCUT2D eigenvalue weighted by atomic mass is 79.9. The van der Waals surface area contributed by atoms with E-state index >= 15 is 0 Å². The Bertz CT molecular complexity index is 662. The van der Waals surface area contributed by atoms with Crippen LogP contribution in [-0.4, -0.2) is 13.0 Å². The van der Waals surface area contributed by atoms with Crippen LogP contribution in [0.25, 0.3) is 0 Å². The first-order valence-corrected chi connectivity index (χ1v) is 7.20. The first kappa shape index (κ1) is 15.0. The minimum Gasteiger partial charge on any atom is -0.497 e. The van der Waals surface area contributed by atoms with Crippen LogP contribution >= 0.6 is 31.9 Å². The topological polar surface area (TPSA) is 38.3 Å². The van der Waals surface area contributed by atoms with Crippen molar-refractivity contribution in [3.05, 3.63) is 56.7 Å². The van der Waals surface area contributed by atoms with Crippen molar-refractivity contribution in [2.24, 2.45) is 0 Å². The number of carbonyl (C=O) groups is 1. The maximum Gasteiger partial charge on any atom is 0.255 e. The van der Waals surface area contributed by atoms with Crippen molar-refractivity contribution in [2.45, 2.75) is 0 Å². The lowest BCUT2D eigenvalue weighted by molar-refractivity contribution is 0.102. The number of anilines is 1. The molecule has 0 atom stereocenters.